The number of piperidine rings is 1. The quantitative estimate of drug-likeness (QED) is 0.475. The van der Waals surface area contributed by atoms with Crippen LogP contribution in [-0.4, -0.2) is 61.3 Å². The van der Waals surface area contributed by atoms with Crippen LogP contribution in [0.4, 0.5) is 0 Å². The van der Waals surface area contributed by atoms with Gasteiger partial charge in [-0.3, -0.25) is 4.79 Å². The van der Waals surface area contributed by atoms with Crippen molar-refractivity contribution < 1.29 is 13.2 Å². The zero-order valence-electron chi connectivity index (χ0n) is 20.0. The smallest absolute Gasteiger partial charge is 0.243 e. The second-order valence-corrected chi connectivity index (χ2v) is 11.2. The van der Waals surface area contributed by atoms with Gasteiger partial charge in [0.25, 0.3) is 0 Å². The van der Waals surface area contributed by atoms with Gasteiger partial charge in [-0.15, -0.1) is 0 Å². The minimum absolute atomic E-state index is 0.0517. The molecule has 1 amide bonds. The molecule has 7 nitrogen and oxygen atoms in total. The van der Waals surface area contributed by atoms with Gasteiger partial charge in [-0.05, 0) is 62.7 Å². The Labute approximate surface area is 202 Å². The molecule has 182 valence electrons. The van der Waals surface area contributed by atoms with E-state index >= 15 is 0 Å². The van der Waals surface area contributed by atoms with E-state index in [-0.39, 0.29) is 23.3 Å². The van der Waals surface area contributed by atoms with Crippen molar-refractivity contribution >= 4 is 26.8 Å². The lowest BCUT2D eigenvalue weighted by atomic mass is 9.99. The van der Waals surface area contributed by atoms with Gasteiger partial charge < -0.3 is 14.8 Å². The Balaban J connectivity index is 1.28. The average molecular weight is 483 g/mol. The standard InChI is InChI=1S/C26H34N4O3S/c1-28(19-21-8-4-3-5-9-21)15-7-14-27-26(31)23-10-6-16-30(20-23)34(32,33)24-11-12-25-22(18-24)13-17-29(25)2/h3-5,8-9,11-13,17-18,23H,6-7,10,14-16,19-20H2,1-2H3,(H,27,31). The number of carbonyl (C=O) groups is 1. The molecule has 8 heteroatoms. The molecule has 0 saturated carbocycles. The molecule has 2 aromatic carbocycles. The Bertz CT molecular complexity index is 1220. The van der Waals surface area contributed by atoms with Gasteiger partial charge in [0.05, 0.1) is 10.8 Å². The molecule has 0 radical (unpaired) electrons. The fourth-order valence-corrected chi connectivity index (χ4v) is 6.18. The van der Waals surface area contributed by atoms with Crippen molar-refractivity contribution in [3.05, 3.63) is 66.4 Å². The maximum Gasteiger partial charge on any atom is 0.243 e. The number of hydrogen-bond acceptors (Lipinski definition) is 4. The fraction of sp³-hybridized carbons (Fsp3) is 0.423. The van der Waals surface area contributed by atoms with Gasteiger partial charge in [-0.1, -0.05) is 30.3 Å². The van der Waals surface area contributed by atoms with Gasteiger partial charge in [0.2, 0.25) is 15.9 Å². The maximum atomic E-state index is 13.3. The van der Waals surface area contributed by atoms with Crippen molar-refractivity contribution in [1.29, 1.82) is 0 Å². The number of rotatable bonds is 9. The van der Waals surface area contributed by atoms with Gasteiger partial charge in [0, 0.05) is 50.3 Å². The minimum Gasteiger partial charge on any atom is -0.356 e. The third-order valence-corrected chi connectivity index (χ3v) is 8.42. The van der Waals surface area contributed by atoms with Crippen LogP contribution in [0, 0.1) is 5.92 Å². The van der Waals surface area contributed by atoms with Crippen LogP contribution in [0.3, 0.4) is 0 Å². The second-order valence-electron chi connectivity index (χ2n) is 9.22. The van der Waals surface area contributed by atoms with E-state index in [4.69, 9.17) is 0 Å². The number of fused-ring (bicyclic) bond motifs is 1. The molecule has 1 atom stereocenters. The van der Waals surface area contributed by atoms with Gasteiger partial charge in [-0.25, -0.2) is 8.42 Å². The highest BCUT2D eigenvalue weighted by atomic mass is 32.2. The molecule has 1 saturated heterocycles. The van der Waals surface area contributed by atoms with Crippen molar-refractivity contribution in [1.82, 2.24) is 19.1 Å². The van der Waals surface area contributed by atoms with Crippen molar-refractivity contribution in [2.45, 2.75) is 30.7 Å². The monoisotopic (exact) mass is 482 g/mol. The van der Waals surface area contributed by atoms with Crippen LogP contribution >= 0.6 is 0 Å². The molecule has 4 rings (SSSR count). The first kappa shape index (κ1) is 24.4. The van der Waals surface area contributed by atoms with Crippen LogP contribution in [0.25, 0.3) is 10.9 Å². The lowest BCUT2D eigenvalue weighted by molar-refractivity contribution is -0.126. The largest absolute Gasteiger partial charge is 0.356 e. The zero-order valence-corrected chi connectivity index (χ0v) is 20.8. The Morgan fingerprint density at radius 1 is 1.15 bits per heavy atom. The number of amides is 1. The van der Waals surface area contributed by atoms with Crippen molar-refractivity contribution in [3.8, 4) is 0 Å². The predicted octanol–water partition coefficient (Wildman–Crippen LogP) is 3.22. The topological polar surface area (TPSA) is 74.7 Å². The molecule has 1 aromatic heterocycles. The summed E-state index contributed by atoms with van der Waals surface area (Å²) in [5, 5.41) is 3.92. The summed E-state index contributed by atoms with van der Waals surface area (Å²) in [5.74, 6) is -0.366. The van der Waals surface area contributed by atoms with Crippen LogP contribution in [-0.2, 0) is 28.4 Å². The number of nitrogens with one attached hydrogen (secondary N) is 1. The van der Waals surface area contributed by atoms with Gasteiger partial charge in [0.1, 0.15) is 0 Å². The summed E-state index contributed by atoms with van der Waals surface area (Å²) in [7, 11) is 0.372. The maximum absolute atomic E-state index is 13.3. The van der Waals surface area contributed by atoms with Gasteiger partial charge >= 0.3 is 0 Å². The predicted molar refractivity (Wildman–Crippen MR) is 135 cm³/mol. The van der Waals surface area contributed by atoms with E-state index in [1.807, 2.05) is 48.1 Å². The molecule has 1 N–H and O–H groups in total. The van der Waals surface area contributed by atoms with Crippen molar-refractivity contribution in [3.63, 3.8) is 0 Å². The molecule has 0 spiro atoms. The summed E-state index contributed by atoms with van der Waals surface area (Å²) in [4.78, 5) is 15.3. The summed E-state index contributed by atoms with van der Waals surface area (Å²) in [5.41, 5.74) is 2.26. The average Bonchev–Trinajstić information content (AvgIpc) is 3.22. The summed E-state index contributed by atoms with van der Waals surface area (Å²) in [6, 6.07) is 17.4. The number of nitrogens with zero attached hydrogens (tertiary/aromatic N) is 3. The number of benzene rings is 2. The van der Waals surface area contributed by atoms with E-state index in [9.17, 15) is 13.2 Å². The first-order valence-corrected chi connectivity index (χ1v) is 13.3. The third kappa shape index (κ3) is 5.68. The number of aromatic nitrogens is 1. The summed E-state index contributed by atoms with van der Waals surface area (Å²) in [6.45, 7) is 3.02. The van der Waals surface area contributed by atoms with E-state index in [1.54, 1.807) is 12.1 Å². The van der Waals surface area contributed by atoms with E-state index in [0.29, 0.717) is 25.9 Å². The highest BCUT2D eigenvalue weighted by molar-refractivity contribution is 7.89. The number of carbonyl (C=O) groups excluding carboxylic acids is 1. The zero-order chi connectivity index (χ0) is 24.1. The number of aryl methyl sites for hydroxylation is 1. The summed E-state index contributed by atoms with van der Waals surface area (Å²) >= 11 is 0. The molecule has 0 aliphatic carbocycles. The second kappa shape index (κ2) is 10.7. The molecule has 1 aliphatic heterocycles. The fourth-order valence-electron chi connectivity index (χ4n) is 4.62. The van der Waals surface area contributed by atoms with Crippen molar-refractivity contribution in [2.75, 3.05) is 33.2 Å². The molecule has 3 aromatic rings. The lowest BCUT2D eigenvalue weighted by Gasteiger charge is -2.31. The first-order valence-electron chi connectivity index (χ1n) is 11.9. The lowest BCUT2D eigenvalue weighted by Crippen LogP contribution is -2.45. The van der Waals surface area contributed by atoms with Gasteiger partial charge in [-0.2, -0.15) is 4.31 Å². The van der Waals surface area contributed by atoms with E-state index in [0.717, 1.165) is 30.4 Å². The van der Waals surface area contributed by atoms with Gasteiger partial charge in [0.15, 0.2) is 0 Å². The third-order valence-electron chi connectivity index (χ3n) is 6.56. The molecular weight excluding hydrogens is 448 g/mol. The Morgan fingerprint density at radius 3 is 2.74 bits per heavy atom. The van der Waals surface area contributed by atoms with Crippen LogP contribution in [0.5, 0.6) is 0 Å². The molecule has 1 fully saturated rings. The van der Waals surface area contributed by atoms with Crippen molar-refractivity contribution in [2.24, 2.45) is 13.0 Å². The van der Waals surface area contributed by atoms with E-state index in [1.165, 1.54) is 9.87 Å². The van der Waals surface area contributed by atoms with Crippen LogP contribution in [0.15, 0.2) is 65.7 Å². The SMILES string of the molecule is CN(CCCNC(=O)C1CCCN(S(=O)(=O)c2ccc3c(ccn3C)c2)C1)Cc1ccccc1. The highest BCUT2D eigenvalue weighted by Gasteiger charge is 2.33. The number of hydrogen-bond donors (Lipinski definition) is 1. The van der Waals surface area contributed by atoms with Crippen LogP contribution in [0.1, 0.15) is 24.8 Å². The van der Waals surface area contributed by atoms with Crippen LogP contribution < -0.4 is 5.32 Å². The Kier molecular flexibility index (Phi) is 7.70. The Morgan fingerprint density at radius 2 is 1.94 bits per heavy atom. The molecule has 2 heterocycles. The highest BCUT2D eigenvalue weighted by Crippen LogP contribution is 2.26. The van der Waals surface area contributed by atoms with E-state index in [2.05, 4.69) is 29.4 Å². The molecular formula is C26H34N4O3S. The minimum atomic E-state index is -3.64. The molecule has 0 bridgehead atoms. The van der Waals surface area contributed by atoms with E-state index < -0.39 is 10.0 Å². The first-order chi connectivity index (χ1) is 16.3. The number of sulfonamides is 1. The Hall–Kier alpha value is -2.68. The summed E-state index contributed by atoms with van der Waals surface area (Å²) in [6.07, 6.45) is 4.16. The van der Waals surface area contributed by atoms with Crippen LogP contribution in [0.2, 0.25) is 0 Å². The molecule has 34 heavy (non-hydrogen) atoms. The molecule has 1 unspecified atom stereocenters. The normalized spacial score (nSPS) is 17.3. The summed E-state index contributed by atoms with van der Waals surface area (Å²) < 4.78 is 30.0. The molecule has 1 aliphatic rings.